The molecule has 1 aliphatic heterocycles. The third-order valence-electron chi connectivity index (χ3n) is 2.87. The fourth-order valence-corrected chi connectivity index (χ4v) is 4.02. The summed E-state index contributed by atoms with van der Waals surface area (Å²) in [4.78, 5) is 0. The fraction of sp³-hybridized carbons (Fsp3) is 0.818. The lowest BCUT2D eigenvalue weighted by molar-refractivity contribution is 0.412. The molecule has 16 heavy (non-hydrogen) atoms. The Morgan fingerprint density at radius 2 is 2.06 bits per heavy atom. The summed E-state index contributed by atoms with van der Waals surface area (Å²) in [6, 6.07) is 0. The third kappa shape index (κ3) is 3.30. The van der Waals surface area contributed by atoms with E-state index in [9.17, 15) is 8.42 Å². The Hall–Kier alpha value is -0.390. The topological polar surface area (TPSA) is 49.4 Å². The van der Waals surface area contributed by atoms with Gasteiger partial charge in [0, 0.05) is 13.1 Å². The first-order valence-electron chi connectivity index (χ1n) is 5.93. The van der Waals surface area contributed by atoms with Crippen LogP contribution in [0.5, 0.6) is 0 Å². The molecule has 0 aromatic rings. The zero-order chi connectivity index (χ0) is 12.0. The summed E-state index contributed by atoms with van der Waals surface area (Å²) < 4.78 is 26.2. The Kier molecular flexibility index (Phi) is 5.44. The molecule has 0 spiro atoms. The van der Waals surface area contributed by atoms with Crippen molar-refractivity contribution in [3.63, 3.8) is 0 Å². The molecule has 5 heteroatoms. The molecule has 0 aliphatic carbocycles. The van der Waals surface area contributed by atoms with E-state index in [0.717, 1.165) is 32.4 Å². The van der Waals surface area contributed by atoms with Crippen molar-refractivity contribution < 1.29 is 8.42 Å². The van der Waals surface area contributed by atoms with Crippen molar-refractivity contribution in [1.82, 2.24) is 9.62 Å². The highest BCUT2D eigenvalue weighted by molar-refractivity contribution is 7.89. The predicted molar refractivity (Wildman–Crippen MR) is 66.9 cm³/mol. The summed E-state index contributed by atoms with van der Waals surface area (Å²) in [5.74, 6) is 0. The molecule has 0 unspecified atom stereocenters. The van der Waals surface area contributed by atoms with Crippen LogP contribution in [0.15, 0.2) is 12.7 Å². The Balaban J connectivity index is 2.74. The quantitative estimate of drug-likeness (QED) is 0.710. The molecule has 1 fully saturated rings. The Morgan fingerprint density at radius 1 is 1.44 bits per heavy atom. The van der Waals surface area contributed by atoms with Crippen molar-refractivity contribution in [2.75, 3.05) is 26.2 Å². The third-order valence-corrected chi connectivity index (χ3v) is 5.24. The van der Waals surface area contributed by atoms with Gasteiger partial charge in [0.25, 0.3) is 0 Å². The Bertz CT molecular complexity index is 308. The first-order chi connectivity index (χ1) is 7.62. The van der Waals surface area contributed by atoms with E-state index in [1.54, 1.807) is 10.4 Å². The molecule has 1 heterocycles. The van der Waals surface area contributed by atoms with E-state index < -0.39 is 10.0 Å². The molecule has 4 nitrogen and oxygen atoms in total. The minimum absolute atomic E-state index is 0.208. The second-order valence-corrected chi connectivity index (χ2v) is 6.35. The van der Waals surface area contributed by atoms with Crippen molar-refractivity contribution in [3.05, 3.63) is 12.7 Å². The predicted octanol–water partition coefficient (Wildman–Crippen LogP) is 0.966. The summed E-state index contributed by atoms with van der Waals surface area (Å²) in [5.41, 5.74) is 0. The molecule has 0 amide bonds. The van der Waals surface area contributed by atoms with Gasteiger partial charge in [-0.2, -0.15) is 4.31 Å². The molecular formula is C11H22N2O2S. The highest BCUT2D eigenvalue weighted by atomic mass is 32.2. The highest BCUT2D eigenvalue weighted by Gasteiger charge is 2.31. The van der Waals surface area contributed by atoms with Gasteiger partial charge in [0.15, 0.2) is 0 Å². The zero-order valence-corrected chi connectivity index (χ0v) is 10.8. The largest absolute Gasteiger partial charge is 0.317 e. The van der Waals surface area contributed by atoms with Gasteiger partial charge in [-0.1, -0.05) is 13.0 Å². The number of nitrogens with one attached hydrogen (secondary N) is 1. The van der Waals surface area contributed by atoms with E-state index in [1.807, 2.05) is 6.92 Å². The average molecular weight is 246 g/mol. The monoisotopic (exact) mass is 246 g/mol. The molecule has 0 bridgehead atoms. The van der Waals surface area contributed by atoms with Crippen LogP contribution >= 0.6 is 0 Å². The van der Waals surface area contributed by atoms with Crippen molar-refractivity contribution in [2.45, 2.75) is 31.4 Å². The lowest BCUT2D eigenvalue weighted by atomic mass is 10.2. The van der Waals surface area contributed by atoms with E-state index in [-0.39, 0.29) is 5.25 Å². The molecule has 1 aliphatic rings. The molecule has 0 atom stereocenters. The van der Waals surface area contributed by atoms with Gasteiger partial charge in [-0.05, 0) is 32.4 Å². The minimum Gasteiger partial charge on any atom is -0.317 e. The van der Waals surface area contributed by atoms with Crippen molar-refractivity contribution in [3.8, 4) is 0 Å². The summed E-state index contributed by atoms with van der Waals surface area (Å²) in [6.07, 6.45) is 3.95. The van der Waals surface area contributed by atoms with Crippen LogP contribution in [0.4, 0.5) is 0 Å². The average Bonchev–Trinajstić information content (AvgIpc) is 2.30. The van der Waals surface area contributed by atoms with Crippen LogP contribution in [0.25, 0.3) is 0 Å². The van der Waals surface area contributed by atoms with E-state index >= 15 is 0 Å². The van der Waals surface area contributed by atoms with Gasteiger partial charge in [0.1, 0.15) is 0 Å². The second-order valence-electron chi connectivity index (χ2n) is 4.14. The Morgan fingerprint density at radius 3 is 2.56 bits per heavy atom. The molecule has 94 valence electrons. The Labute approximate surface area is 98.8 Å². The van der Waals surface area contributed by atoms with Crippen LogP contribution in [0.3, 0.4) is 0 Å². The first kappa shape index (κ1) is 13.7. The van der Waals surface area contributed by atoms with Crippen LogP contribution in [0.1, 0.15) is 26.2 Å². The van der Waals surface area contributed by atoms with E-state index in [4.69, 9.17) is 0 Å². The highest BCUT2D eigenvalue weighted by Crippen LogP contribution is 2.18. The molecular weight excluding hydrogens is 224 g/mol. The molecule has 1 rings (SSSR count). The molecule has 1 saturated heterocycles. The lowest BCUT2D eigenvalue weighted by Gasteiger charge is -2.29. The van der Waals surface area contributed by atoms with Crippen LogP contribution in [0, 0.1) is 0 Å². The van der Waals surface area contributed by atoms with Crippen LogP contribution in [-0.2, 0) is 10.0 Å². The number of sulfonamides is 1. The van der Waals surface area contributed by atoms with Gasteiger partial charge < -0.3 is 5.32 Å². The number of hydrogen-bond donors (Lipinski definition) is 1. The van der Waals surface area contributed by atoms with E-state index in [2.05, 4.69) is 11.9 Å². The molecule has 0 aromatic heterocycles. The summed E-state index contributed by atoms with van der Waals surface area (Å²) in [6.45, 7) is 8.25. The van der Waals surface area contributed by atoms with Gasteiger partial charge in [-0.3, -0.25) is 0 Å². The smallest absolute Gasteiger partial charge is 0.217 e. The number of hydrogen-bond acceptors (Lipinski definition) is 3. The van der Waals surface area contributed by atoms with Gasteiger partial charge in [-0.25, -0.2) is 8.42 Å². The summed E-state index contributed by atoms with van der Waals surface area (Å²) in [5, 5.41) is 2.98. The van der Waals surface area contributed by atoms with Crippen molar-refractivity contribution >= 4 is 10.0 Å². The maximum Gasteiger partial charge on any atom is 0.217 e. The number of piperidine rings is 1. The molecule has 0 aromatic carbocycles. The summed E-state index contributed by atoms with van der Waals surface area (Å²) >= 11 is 0. The SMILES string of the molecule is C=CCN(CCC)S(=O)(=O)C1CCNCC1. The van der Waals surface area contributed by atoms with Crippen molar-refractivity contribution in [2.24, 2.45) is 0 Å². The van der Waals surface area contributed by atoms with E-state index in [0.29, 0.717) is 13.1 Å². The maximum atomic E-state index is 12.3. The normalized spacial score (nSPS) is 18.9. The number of rotatable bonds is 6. The van der Waals surface area contributed by atoms with Gasteiger partial charge in [0.2, 0.25) is 10.0 Å². The number of nitrogens with zero attached hydrogens (tertiary/aromatic N) is 1. The standard InChI is InChI=1S/C11H22N2O2S/c1-3-9-13(10-4-2)16(14,15)11-5-7-12-8-6-11/h3,11-12H,1,4-10H2,2H3. The zero-order valence-electron chi connectivity index (χ0n) is 9.98. The van der Waals surface area contributed by atoms with Gasteiger partial charge >= 0.3 is 0 Å². The lowest BCUT2D eigenvalue weighted by Crippen LogP contribution is -2.44. The van der Waals surface area contributed by atoms with Crippen LogP contribution < -0.4 is 5.32 Å². The second kappa shape index (κ2) is 6.37. The van der Waals surface area contributed by atoms with Crippen molar-refractivity contribution in [1.29, 1.82) is 0 Å². The fourth-order valence-electron chi connectivity index (χ4n) is 2.02. The maximum absolute atomic E-state index is 12.3. The molecule has 0 saturated carbocycles. The van der Waals surface area contributed by atoms with Gasteiger partial charge in [0.05, 0.1) is 5.25 Å². The van der Waals surface area contributed by atoms with Crippen LogP contribution in [-0.4, -0.2) is 44.2 Å². The van der Waals surface area contributed by atoms with Crippen LogP contribution in [0.2, 0.25) is 0 Å². The van der Waals surface area contributed by atoms with Gasteiger partial charge in [-0.15, -0.1) is 6.58 Å². The summed E-state index contributed by atoms with van der Waals surface area (Å²) in [7, 11) is -3.13. The van der Waals surface area contributed by atoms with E-state index in [1.165, 1.54) is 0 Å². The molecule has 1 N–H and O–H groups in total. The first-order valence-corrected chi connectivity index (χ1v) is 7.43. The minimum atomic E-state index is -3.13. The molecule has 0 radical (unpaired) electrons.